The zero-order valence-corrected chi connectivity index (χ0v) is 17.3. The molecule has 0 saturated carbocycles. The van der Waals surface area contributed by atoms with Gasteiger partial charge in [-0.25, -0.2) is 0 Å². The van der Waals surface area contributed by atoms with Crippen molar-refractivity contribution in [3.8, 4) is 0 Å². The van der Waals surface area contributed by atoms with E-state index in [1.54, 1.807) is 11.8 Å². The third-order valence-electron chi connectivity index (χ3n) is 5.46. The van der Waals surface area contributed by atoms with Crippen molar-refractivity contribution in [3.63, 3.8) is 0 Å². The predicted octanol–water partition coefficient (Wildman–Crippen LogP) is 3.16. The second-order valence-electron chi connectivity index (χ2n) is 8.29. The van der Waals surface area contributed by atoms with Gasteiger partial charge in [-0.15, -0.1) is 11.8 Å². The molecule has 2 saturated heterocycles. The summed E-state index contributed by atoms with van der Waals surface area (Å²) in [5, 5.41) is 11.2. The number of hydrogen-bond donors (Lipinski definition) is 1. The standard InChI is InChI=1S/C20H36N2O2S/c1-16(2)7-5-10-21-12-8-18(23)20(14-21)9-6-11-22(15-20)19(24)13-25-17(3)4/h7,17-18,23H,5-6,8-15H2,1-4H3/t18-,20-/m1/s1. The molecule has 0 aromatic carbocycles. The van der Waals surface area contributed by atoms with Crippen molar-refractivity contribution in [1.82, 2.24) is 9.80 Å². The van der Waals surface area contributed by atoms with Gasteiger partial charge in [-0.05, 0) is 44.8 Å². The van der Waals surface area contributed by atoms with E-state index in [0.717, 1.165) is 58.4 Å². The van der Waals surface area contributed by atoms with Crippen LogP contribution in [0.15, 0.2) is 11.6 Å². The number of aliphatic hydroxyl groups excluding tert-OH is 1. The minimum Gasteiger partial charge on any atom is -0.392 e. The Balaban J connectivity index is 1.96. The van der Waals surface area contributed by atoms with E-state index in [4.69, 9.17) is 0 Å². The number of nitrogens with zero attached hydrogens (tertiary/aromatic N) is 2. The van der Waals surface area contributed by atoms with E-state index in [0.29, 0.717) is 11.0 Å². The summed E-state index contributed by atoms with van der Waals surface area (Å²) in [6.45, 7) is 13.1. The molecule has 2 rings (SSSR count). The first-order valence-electron chi connectivity index (χ1n) is 9.75. The summed E-state index contributed by atoms with van der Waals surface area (Å²) in [5.74, 6) is 0.806. The second kappa shape index (κ2) is 9.43. The minimum atomic E-state index is -0.277. The average molecular weight is 369 g/mol. The van der Waals surface area contributed by atoms with Crippen molar-refractivity contribution in [3.05, 3.63) is 11.6 Å². The summed E-state index contributed by atoms with van der Waals surface area (Å²) in [6.07, 6.45) is 5.96. The van der Waals surface area contributed by atoms with Crippen LogP contribution in [-0.2, 0) is 4.79 Å². The highest BCUT2D eigenvalue weighted by atomic mass is 32.2. The van der Waals surface area contributed by atoms with Crippen LogP contribution < -0.4 is 0 Å². The Hall–Kier alpha value is -0.520. The first-order valence-corrected chi connectivity index (χ1v) is 10.8. The molecule has 2 atom stereocenters. The molecule has 0 aromatic heterocycles. The zero-order chi connectivity index (χ0) is 18.4. The highest BCUT2D eigenvalue weighted by Gasteiger charge is 2.46. The maximum Gasteiger partial charge on any atom is 0.232 e. The summed E-state index contributed by atoms with van der Waals surface area (Å²) in [7, 11) is 0. The van der Waals surface area contributed by atoms with E-state index in [9.17, 15) is 9.90 Å². The number of piperidine rings is 2. The van der Waals surface area contributed by atoms with E-state index < -0.39 is 0 Å². The molecule has 2 aliphatic rings. The number of likely N-dealkylation sites (tertiary alicyclic amines) is 2. The molecule has 5 heteroatoms. The number of allylic oxidation sites excluding steroid dienone is 1. The van der Waals surface area contributed by atoms with Gasteiger partial charge in [0, 0.05) is 38.1 Å². The first kappa shape index (κ1) is 20.8. The Morgan fingerprint density at radius 2 is 2.08 bits per heavy atom. The topological polar surface area (TPSA) is 43.8 Å². The van der Waals surface area contributed by atoms with Crippen molar-refractivity contribution in [2.45, 2.75) is 64.7 Å². The fourth-order valence-electron chi connectivity index (χ4n) is 4.07. The maximum atomic E-state index is 12.6. The van der Waals surface area contributed by atoms with Crippen molar-refractivity contribution < 1.29 is 9.90 Å². The Bertz CT molecular complexity index is 476. The van der Waals surface area contributed by atoms with Gasteiger partial charge in [-0.2, -0.15) is 0 Å². The van der Waals surface area contributed by atoms with Gasteiger partial charge in [0.15, 0.2) is 0 Å². The van der Waals surface area contributed by atoms with Crippen molar-refractivity contribution >= 4 is 17.7 Å². The monoisotopic (exact) mass is 368 g/mol. The fraction of sp³-hybridized carbons (Fsp3) is 0.850. The normalized spacial score (nSPS) is 27.8. The number of carbonyl (C=O) groups excluding carboxylic acids is 1. The third-order valence-corrected chi connectivity index (χ3v) is 6.54. The van der Waals surface area contributed by atoms with Crippen LogP contribution in [0.5, 0.6) is 0 Å². The third kappa shape index (κ3) is 6.00. The number of rotatable bonds is 6. The predicted molar refractivity (Wildman–Crippen MR) is 107 cm³/mol. The van der Waals surface area contributed by atoms with Crippen LogP contribution in [0.4, 0.5) is 0 Å². The van der Waals surface area contributed by atoms with Crippen LogP contribution in [0.3, 0.4) is 0 Å². The van der Waals surface area contributed by atoms with Crippen molar-refractivity contribution in [1.29, 1.82) is 0 Å². The summed E-state index contributed by atoms with van der Waals surface area (Å²) >= 11 is 1.71. The molecule has 1 N–H and O–H groups in total. The number of thioether (sulfide) groups is 1. The van der Waals surface area contributed by atoms with E-state index in [-0.39, 0.29) is 17.4 Å². The maximum absolute atomic E-state index is 12.6. The second-order valence-corrected chi connectivity index (χ2v) is 9.86. The molecule has 0 radical (unpaired) electrons. The first-order chi connectivity index (χ1) is 11.8. The number of aliphatic hydroxyl groups is 1. The summed E-state index contributed by atoms with van der Waals surface area (Å²) in [5.41, 5.74) is 1.24. The lowest BCUT2D eigenvalue weighted by Gasteiger charge is -2.51. The van der Waals surface area contributed by atoms with Crippen LogP contribution in [0.1, 0.15) is 53.4 Å². The largest absolute Gasteiger partial charge is 0.392 e. The van der Waals surface area contributed by atoms with Crippen LogP contribution in [0.25, 0.3) is 0 Å². The number of carbonyl (C=O) groups is 1. The van der Waals surface area contributed by atoms with Gasteiger partial charge in [-0.1, -0.05) is 25.5 Å². The molecular formula is C20H36N2O2S. The van der Waals surface area contributed by atoms with Gasteiger partial charge >= 0.3 is 0 Å². The van der Waals surface area contributed by atoms with Crippen LogP contribution in [0.2, 0.25) is 0 Å². The molecule has 0 aromatic rings. The van der Waals surface area contributed by atoms with Crippen LogP contribution >= 0.6 is 11.8 Å². The molecule has 1 amide bonds. The molecule has 0 unspecified atom stereocenters. The molecule has 2 fully saturated rings. The lowest BCUT2D eigenvalue weighted by Crippen LogP contribution is -2.60. The Morgan fingerprint density at radius 1 is 1.32 bits per heavy atom. The van der Waals surface area contributed by atoms with Crippen LogP contribution in [0, 0.1) is 5.41 Å². The van der Waals surface area contributed by atoms with Gasteiger partial charge in [0.1, 0.15) is 0 Å². The summed E-state index contributed by atoms with van der Waals surface area (Å²) in [4.78, 5) is 17.1. The zero-order valence-electron chi connectivity index (χ0n) is 16.5. The number of amides is 1. The van der Waals surface area contributed by atoms with E-state index in [2.05, 4.69) is 38.7 Å². The fourth-order valence-corrected chi connectivity index (χ4v) is 4.73. The molecule has 25 heavy (non-hydrogen) atoms. The van der Waals surface area contributed by atoms with Crippen LogP contribution in [-0.4, -0.2) is 70.6 Å². The molecule has 2 aliphatic heterocycles. The van der Waals surface area contributed by atoms with E-state index >= 15 is 0 Å². The number of hydrogen-bond acceptors (Lipinski definition) is 4. The van der Waals surface area contributed by atoms with Crippen molar-refractivity contribution in [2.24, 2.45) is 5.41 Å². The van der Waals surface area contributed by atoms with Gasteiger partial charge in [0.05, 0.1) is 11.9 Å². The lowest BCUT2D eigenvalue weighted by atomic mass is 9.71. The Morgan fingerprint density at radius 3 is 2.76 bits per heavy atom. The van der Waals surface area contributed by atoms with Crippen molar-refractivity contribution in [2.75, 3.05) is 38.5 Å². The highest BCUT2D eigenvalue weighted by Crippen LogP contribution is 2.39. The van der Waals surface area contributed by atoms with Gasteiger partial charge < -0.3 is 14.9 Å². The summed E-state index contributed by atoms with van der Waals surface area (Å²) in [6, 6.07) is 0. The van der Waals surface area contributed by atoms with Gasteiger partial charge in [0.2, 0.25) is 5.91 Å². The Kier molecular flexibility index (Phi) is 7.84. The van der Waals surface area contributed by atoms with Gasteiger partial charge in [0.25, 0.3) is 0 Å². The molecule has 1 spiro atoms. The van der Waals surface area contributed by atoms with E-state index in [1.807, 2.05) is 4.90 Å². The highest BCUT2D eigenvalue weighted by molar-refractivity contribution is 8.00. The molecule has 144 valence electrons. The SMILES string of the molecule is CC(C)=CCCN1CC[C@@H](O)[C@]2(CCCN(C(=O)CSC(C)C)C2)C1. The average Bonchev–Trinajstić information content (AvgIpc) is 2.56. The Labute approximate surface area is 158 Å². The minimum absolute atomic E-state index is 0.125. The molecule has 2 heterocycles. The van der Waals surface area contributed by atoms with E-state index in [1.165, 1.54) is 5.57 Å². The molecular weight excluding hydrogens is 332 g/mol. The molecule has 4 nitrogen and oxygen atoms in total. The summed E-state index contributed by atoms with van der Waals surface area (Å²) < 4.78 is 0. The lowest BCUT2D eigenvalue weighted by molar-refractivity contribution is -0.138. The quantitative estimate of drug-likeness (QED) is 0.732. The molecule has 0 bridgehead atoms. The smallest absolute Gasteiger partial charge is 0.232 e. The molecule has 0 aliphatic carbocycles. The van der Waals surface area contributed by atoms with Gasteiger partial charge in [-0.3, -0.25) is 4.79 Å².